The summed E-state index contributed by atoms with van der Waals surface area (Å²) in [6, 6.07) is 15.9. The van der Waals surface area contributed by atoms with Gasteiger partial charge in [0.1, 0.15) is 11.5 Å². The van der Waals surface area contributed by atoms with Crippen molar-refractivity contribution in [3.8, 4) is 22.6 Å². The first-order chi connectivity index (χ1) is 16.6. The molecule has 0 amide bonds. The number of carbonyl (C=O) groups excluding carboxylic acids is 1. The number of non-ortho nitro benzene ring substituents is 1. The van der Waals surface area contributed by atoms with E-state index in [1.165, 1.54) is 22.5 Å². The number of Topliss-reactive ketones (excluding diaryl/α,β-unsaturated/α-hetero) is 1. The quantitative estimate of drug-likeness (QED) is 0.260. The summed E-state index contributed by atoms with van der Waals surface area (Å²) in [7, 11) is -1.88. The van der Waals surface area contributed by atoms with Gasteiger partial charge in [0, 0.05) is 29.3 Å². The largest absolute Gasteiger partial charge is 0.497 e. The van der Waals surface area contributed by atoms with E-state index in [4.69, 9.17) is 9.47 Å². The van der Waals surface area contributed by atoms with Crippen molar-refractivity contribution in [1.82, 2.24) is 0 Å². The van der Waals surface area contributed by atoms with Crippen molar-refractivity contribution in [1.29, 1.82) is 0 Å². The van der Waals surface area contributed by atoms with Gasteiger partial charge in [-0.25, -0.2) is 8.42 Å². The second-order valence-corrected chi connectivity index (χ2v) is 10.2. The lowest BCUT2D eigenvalue weighted by Gasteiger charge is -2.21. The monoisotopic (exact) mass is 496 g/mol. The third-order valence-electron chi connectivity index (χ3n) is 5.85. The van der Waals surface area contributed by atoms with E-state index in [9.17, 15) is 23.3 Å². The van der Waals surface area contributed by atoms with Crippen LogP contribution in [-0.4, -0.2) is 45.1 Å². The van der Waals surface area contributed by atoms with Crippen molar-refractivity contribution in [2.75, 3.05) is 24.3 Å². The molecule has 35 heavy (non-hydrogen) atoms. The number of nitro groups is 1. The highest BCUT2D eigenvalue weighted by Gasteiger charge is 2.32. The molecule has 3 aromatic carbocycles. The molecule has 1 aliphatic rings. The van der Waals surface area contributed by atoms with Gasteiger partial charge in [0.2, 0.25) is 10.0 Å². The smallest absolute Gasteiger partial charge is 0.270 e. The maximum atomic E-state index is 12.9. The lowest BCUT2D eigenvalue weighted by atomic mass is 10.0. The topological polar surface area (TPSA) is 116 Å². The fraction of sp³-hybridized carbons (Fsp3) is 0.240. The zero-order valence-electron chi connectivity index (χ0n) is 19.4. The van der Waals surface area contributed by atoms with Gasteiger partial charge in [0.15, 0.2) is 12.4 Å². The summed E-state index contributed by atoms with van der Waals surface area (Å²) >= 11 is 0. The second kappa shape index (κ2) is 9.38. The number of nitrogens with zero attached hydrogens (tertiary/aromatic N) is 2. The number of hydrogen-bond donors (Lipinski definition) is 0. The van der Waals surface area contributed by atoms with Crippen molar-refractivity contribution >= 4 is 27.2 Å². The molecule has 0 aliphatic carbocycles. The van der Waals surface area contributed by atoms with Crippen molar-refractivity contribution in [3.63, 3.8) is 0 Å². The molecule has 0 aromatic heterocycles. The lowest BCUT2D eigenvalue weighted by Crippen LogP contribution is -2.34. The molecule has 1 heterocycles. The first-order valence-corrected chi connectivity index (χ1v) is 12.6. The number of carbonyl (C=O) groups is 1. The highest BCUT2D eigenvalue weighted by Crippen LogP contribution is 2.36. The van der Waals surface area contributed by atoms with Gasteiger partial charge >= 0.3 is 0 Å². The SMILES string of the molecule is COc1ccc(-c2cc([N+](=O)[O-])ccc2OCC(=O)c2ccc3c(c2)C[C@H](C)N3S(C)(=O)=O)cc1. The van der Waals surface area contributed by atoms with E-state index < -0.39 is 14.9 Å². The minimum Gasteiger partial charge on any atom is -0.497 e. The van der Waals surface area contributed by atoms with Crippen LogP contribution in [0.4, 0.5) is 11.4 Å². The Morgan fingerprint density at radius 2 is 1.83 bits per heavy atom. The van der Waals surface area contributed by atoms with Crippen molar-refractivity contribution in [2.45, 2.75) is 19.4 Å². The van der Waals surface area contributed by atoms with Crippen LogP contribution in [0.25, 0.3) is 11.1 Å². The Balaban J connectivity index is 1.57. The summed E-state index contributed by atoms with van der Waals surface area (Å²) in [6.45, 7) is 1.53. The molecule has 4 rings (SSSR count). The molecular weight excluding hydrogens is 472 g/mol. The van der Waals surface area contributed by atoms with E-state index >= 15 is 0 Å². The molecule has 0 bridgehead atoms. The Bertz CT molecular complexity index is 1400. The highest BCUT2D eigenvalue weighted by atomic mass is 32.2. The average molecular weight is 497 g/mol. The Hall–Kier alpha value is -3.92. The average Bonchev–Trinajstić information content (AvgIpc) is 3.17. The molecule has 1 aliphatic heterocycles. The van der Waals surface area contributed by atoms with Crippen LogP contribution in [-0.2, 0) is 16.4 Å². The number of nitro benzene ring substituents is 1. The number of rotatable bonds is 8. The van der Waals surface area contributed by atoms with E-state index in [-0.39, 0.29) is 24.1 Å². The number of ketones is 1. The summed E-state index contributed by atoms with van der Waals surface area (Å²) in [5.74, 6) is 0.668. The van der Waals surface area contributed by atoms with Gasteiger partial charge in [-0.3, -0.25) is 19.2 Å². The number of methoxy groups -OCH3 is 1. The third kappa shape index (κ3) is 4.97. The summed E-state index contributed by atoms with van der Waals surface area (Å²) in [6.07, 6.45) is 1.67. The van der Waals surface area contributed by atoms with Crippen LogP contribution in [0.3, 0.4) is 0 Å². The molecule has 0 saturated carbocycles. The van der Waals surface area contributed by atoms with Gasteiger partial charge < -0.3 is 9.47 Å². The molecule has 182 valence electrons. The summed E-state index contributed by atoms with van der Waals surface area (Å²) < 4.78 is 36.6. The molecular formula is C25H24N2O7S. The second-order valence-electron chi connectivity index (χ2n) is 8.33. The van der Waals surface area contributed by atoms with Crippen LogP contribution in [0.15, 0.2) is 60.7 Å². The van der Waals surface area contributed by atoms with Gasteiger partial charge in [-0.15, -0.1) is 0 Å². The minimum absolute atomic E-state index is 0.0994. The van der Waals surface area contributed by atoms with Crippen LogP contribution >= 0.6 is 0 Å². The van der Waals surface area contributed by atoms with Crippen molar-refractivity contribution < 1.29 is 27.6 Å². The third-order valence-corrected chi connectivity index (χ3v) is 7.12. The number of ether oxygens (including phenoxy) is 2. The summed E-state index contributed by atoms with van der Waals surface area (Å²) in [4.78, 5) is 23.7. The van der Waals surface area contributed by atoms with Crippen LogP contribution in [0.1, 0.15) is 22.8 Å². The predicted octanol–water partition coefficient (Wildman–Crippen LogP) is 4.24. The zero-order chi connectivity index (χ0) is 25.3. The number of anilines is 1. The fourth-order valence-corrected chi connectivity index (χ4v) is 5.53. The molecule has 9 nitrogen and oxygen atoms in total. The van der Waals surface area contributed by atoms with Gasteiger partial charge in [0.25, 0.3) is 5.69 Å². The number of fused-ring (bicyclic) bond motifs is 1. The van der Waals surface area contributed by atoms with E-state index in [1.807, 2.05) is 6.92 Å². The Labute approximate surface area is 203 Å². The maximum Gasteiger partial charge on any atom is 0.270 e. The van der Waals surface area contributed by atoms with Crippen LogP contribution in [0.5, 0.6) is 11.5 Å². The molecule has 0 N–H and O–H groups in total. The Kier molecular flexibility index (Phi) is 6.49. The predicted molar refractivity (Wildman–Crippen MR) is 132 cm³/mol. The van der Waals surface area contributed by atoms with E-state index in [0.717, 1.165) is 11.8 Å². The minimum atomic E-state index is -3.42. The van der Waals surface area contributed by atoms with Gasteiger partial charge in [-0.1, -0.05) is 12.1 Å². The normalized spacial score (nSPS) is 14.9. The van der Waals surface area contributed by atoms with E-state index in [0.29, 0.717) is 40.3 Å². The number of benzene rings is 3. The lowest BCUT2D eigenvalue weighted by molar-refractivity contribution is -0.384. The molecule has 10 heteroatoms. The molecule has 0 unspecified atom stereocenters. The molecule has 0 spiro atoms. The van der Waals surface area contributed by atoms with Crippen LogP contribution < -0.4 is 13.8 Å². The molecule has 0 fully saturated rings. The molecule has 0 saturated heterocycles. The molecule has 0 radical (unpaired) electrons. The standard InChI is InChI=1S/C25H24N2O7S/c1-16-12-19-13-18(6-10-23(19)26(16)35(3,31)32)24(28)15-34-25-11-7-20(27(29)30)14-22(25)17-4-8-21(33-2)9-5-17/h4-11,13-14,16H,12,15H2,1-3H3/t16-/m0/s1. The Morgan fingerprint density at radius 3 is 2.46 bits per heavy atom. The highest BCUT2D eigenvalue weighted by molar-refractivity contribution is 7.92. The molecule has 1 atom stereocenters. The zero-order valence-corrected chi connectivity index (χ0v) is 20.2. The number of sulfonamides is 1. The first kappa shape index (κ1) is 24.2. The van der Waals surface area contributed by atoms with Gasteiger partial charge in [0.05, 0.1) is 24.0 Å². The van der Waals surface area contributed by atoms with Crippen molar-refractivity contribution in [3.05, 3.63) is 81.9 Å². The Morgan fingerprint density at radius 1 is 1.11 bits per heavy atom. The first-order valence-electron chi connectivity index (χ1n) is 10.8. The van der Waals surface area contributed by atoms with Gasteiger partial charge in [-0.2, -0.15) is 0 Å². The fourth-order valence-electron chi connectivity index (χ4n) is 4.26. The maximum absolute atomic E-state index is 12.9. The van der Waals surface area contributed by atoms with Crippen LogP contribution in [0, 0.1) is 10.1 Å². The summed E-state index contributed by atoms with van der Waals surface area (Å²) in [5, 5.41) is 11.3. The van der Waals surface area contributed by atoms with Gasteiger partial charge in [-0.05, 0) is 60.9 Å². The summed E-state index contributed by atoms with van der Waals surface area (Å²) in [5.41, 5.74) is 2.81. The van der Waals surface area contributed by atoms with E-state index in [2.05, 4.69) is 0 Å². The van der Waals surface area contributed by atoms with Crippen molar-refractivity contribution in [2.24, 2.45) is 0 Å². The molecule has 3 aromatic rings. The van der Waals surface area contributed by atoms with E-state index in [1.54, 1.807) is 49.6 Å². The van der Waals surface area contributed by atoms with Crippen LogP contribution in [0.2, 0.25) is 0 Å². The number of hydrogen-bond acceptors (Lipinski definition) is 7.